The Morgan fingerprint density at radius 2 is 1.94 bits per heavy atom. The number of nitrogens with zero attached hydrogens (tertiary/aromatic N) is 3. The van der Waals surface area contributed by atoms with E-state index in [0.29, 0.717) is 22.4 Å². The van der Waals surface area contributed by atoms with Gasteiger partial charge in [-0.25, -0.2) is 23.2 Å². The van der Waals surface area contributed by atoms with Crippen molar-refractivity contribution in [3.8, 4) is 5.88 Å². The van der Waals surface area contributed by atoms with Gasteiger partial charge in [-0.3, -0.25) is 4.72 Å². The number of imidazole rings is 1. The first-order valence-electron chi connectivity index (χ1n) is 9.37. The van der Waals surface area contributed by atoms with Gasteiger partial charge in [0.2, 0.25) is 5.82 Å². The van der Waals surface area contributed by atoms with Crippen LogP contribution in [0.25, 0.3) is 11.0 Å². The minimum atomic E-state index is -4.18. The van der Waals surface area contributed by atoms with E-state index in [1.54, 1.807) is 18.2 Å². The van der Waals surface area contributed by atoms with Crippen LogP contribution in [0.5, 0.6) is 5.88 Å². The molecule has 0 unspecified atom stereocenters. The normalized spacial score (nSPS) is 11.4. The maximum absolute atomic E-state index is 12.8. The number of halogens is 3. The van der Waals surface area contributed by atoms with Gasteiger partial charge < -0.3 is 14.5 Å². The number of hydrogen-bond acceptors (Lipinski definition) is 8. The quantitative estimate of drug-likeness (QED) is 0.326. The van der Waals surface area contributed by atoms with E-state index in [9.17, 15) is 13.2 Å². The average Bonchev–Trinajstić information content (AvgIpc) is 3.22. The molecule has 4 aromatic rings. The van der Waals surface area contributed by atoms with Crippen LogP contribution in [-0.4, -0.2) is 41.4 Å². The highest BCUT2D eigenvalue weighted by Gasteiger charge is 2.23. The van der Waals surface area contributed by atoms with Gasteiger partial charge in [0.15, 0.2) is 5.15 Å². The number of carbonyl (C=O) groups excluding carboxylic acids is 1. The lowest BCUT2D eigenvalue weighted by molar-refractivity contribution is 0.0601. The molecule has 0 radical (unpaired) electrons. The van der Waals surface area contributed by atoms with Gasteiger partial charge in [-0.1, -0.05) is 40.9 Å². The molecule has 2 aromatic carbocycles. The first kappa shape index (κ1) is 24.0. The zero-order valence-corrected chi connectivity index (χ0v) is 20.3. The molecule has 176 valence electrons. The molecule has 0 aliphatic rings. The highest BCUT2D eigenvalue weighted by atomic mass is 35.5. The minimum Gasteiger partial charge on any atom is -0.467 e. The van der Waals surface area contributed by atoms with Crippen LogP contribution in [0.4, 0.5) is 5.82 Å². The predicted octanol–water partition coefficient (Wildman–Crippen LogP) is 4.48. The summed E-state index contributed by atoms with van der Waals surface area (Å²) in [6.45, 7) is -0.135. The SMILES string of the molecule is COC(=O)c1ccc2nc(COc3nc(Cl)cnc3NS(=O)(=O)c3cccc(Cl)c3Cl)[nH]c2c1. The van der Waals surface area contributed by atoms with Crippen molar-refractivity contribution in [1.29, 1.82) is 0 Å². The monoisotopic (exact) mass is 541 g/mol. The van der Waals surface area contributed by atoms with Gasteiger partial charge in [0.25, 0.3) is 15.9 Å². The molecule has 0 spiro atoms. The third kappa shape index (κ3) is 5.02. The summed E-state index contributed by atoms with van der Waals surface area (Å²) in [7, 11) is -2.89. The van der Waals surface area contributed by atoms with Crippen molar-refractivity contribution in [2.45, 2.75) is 11.5 Å². The average molecular weight is 543 g/mol. The fraction of sp³-hybridized carbons (Fsp3) is 0.100. The third-order valence-corrected chi connectivity index (χ3v) is 6.94. The number of ether oxygens (including phenoxy) is 2. The van der Waals surface area contributed by atoms with Crippen LogP contribution >= 0.6 is 34.8 Å². The van der Waals surface area contributed by atoms with Gasteiger partial charge in [0.1, 0.15) is 17.3 Å². The van der Waals surface area contributed by atoms with Crippen molar-refractivity contribution in [2.24, 2.45) is 0 Å². The van der Waals surface area contributed by atoms with Crippen molar-refractivity contribution in [1.82, 2.24) is 19.9 Å². The van der Waals surface area contributed by atoms with Crippen molar-refractivity contribution < 1.29 is 22.7 Å². The van der Waals surface area contributed by atoms with E-state index >= 15 is 0 Å². The van der Waals surface area contributed by atoms with E-state index in [4.69, 9.17) is 44.3 Å². The number of anilines is 1. The molecular formula is C20H14Cl3N5O5S. The lowest BCUT2D eigenvalue weighted by atomic mass is 10.2. The Hall–Kier alpha value is -3.12. The maximum atomic E-state index is 12.8. The third-order valence-electron chi connectivity index (χ3n) is 4.45. The van der Waals surface area contributed by atoms with E-state index in [1.165, 1.54) is 25.3 Å². The summed E-state index contributed by atoms with van der Waals surface area (Å²) in [5.41, 5.74) is 1.51. The van der Waals surface area contributed by atoms with Crippen LogP contribution in [0.1, 0.15) is 16.2 Å². The Morgan fingerprint density at radius 1 is 1.15 bits per heavy atom. The summed E-state index contributed by atoms with van der Waals surface area (Å²) in [6.07, 6.45) is 1.15. The number of aromatic nitrogens is 4. The molecule has 0 amide bonds. The van der Waals surface area contributed by atoms with Crippen molar-refractivity contribution >= 4 is 67.6 Å². The number of rotatable bonds is 7. The second-order valence-corrected chi connectivity index (χ2v) is 9.52. The number of sulfonamides is 1. The van der Waals surface area contributed by atoms with Crippen molar-refractivity contribution in [3.63, 3.8) is 0 Å². The molecule has 0 saturated carbocycles. The topological polar surface area (TPSA) is 136 Å². The number of methoxy groups -OCH3 is 1. The number of hydrogen-bond donors (Lipinski definition) is 2. The molecule has 14 heteroatoms. The van der Waals surface area contributed by atoms with Crippen LogP contribution in [0.15, 0.2) is 47.5 Å². The van der Waals surface area contributed by atoms with Crippen molar-refractivity contribution in [2.75, 3.05) is 11.8 Å². The summed E-state index contributed by atoms with van der Waals surface area (Å²) in [5.74, 6) is -0.514. The molecule has 0 saturated heterocycles. The Bertz CT molecular complexity index is 1510. The van der Waals surface area contributed by atoms with Gasteiger partial charge in [0.05, 0.1) is 39.9 Å². The highest BCUT2D eigenvalue weighted by molar-refractivity contribution is 7.92. The van der Waals surface area contributed by atoms with Gasteiger partial charge in [-0.2, -0.15) is 4.98 Å². The molecule has 4 rings (SSSR count). The van der Waals surface area contributed by atoms with Crippen LogP contribution in [-0.2, 0) is 21.4 Å². The molecule has 2 aromatic heterocycles. The van der Waals surface area contributed by atoms with Gasteiger partial charge in [-0.15, -0.1) is 0 Å². The van der Waals surface area contributed by atoms with Gasteiger partial charge in [0, 0.05) is 0 Å². The molecule has 0 aliphatic carbocycles. The smallest absolute Gasteiger partial charge is 0.337 e. The predicted molar refractivity (Wildman–Crippen MR) is 126 cm³/mol. The number of H-pyrrole nitrogens is 1. The number of esters is 1. The summed E-state index contributed by atoms with van der Waals surface area (Å²) in [5, 5.41) is -0.0934. The summed E-state index contributed by atoms with van der Waals surface area (Å²) in [6, 6.07) is 9.01. The highest BCUT2D eigenvalue weighted by Crippen LogP contribution is 2.31. The zero-order chi connectivity index (χ0) is 24.5. The Labute approximate surface area is 208 Å². The molecular weight excluding hydrogens is 529 g/mol. The fourth-order valence-corrected chi connectivity index (χ4v) is 4.80. The van der Waals surface area contributed by atoms with Gasteiger partial charge >= 0.3 is 5.97 Å². The number of benzene rings is 2. The first-order chi connectivity index (χ1) is 16.2. The van der Waals surface area contributed by atoms with Crippen LogP contribution in [0.2, 0.25) is 15.2 Å². The molecule has 10 nitrogen and oxygen atoms in total. The van der Waals surface area contributed by atoms with Crippen molar-refractivity contribution in [3.05, 3.63) is 69.2 Å². The molecule has 34 heavy (non-hydrogen) atoms. The molecule has 0 aliphatic heterocycles. The molecule has 2 heterocycles. The number of nitrogens with one attached hydrogen (secondary N) is 2. The van der Waals surface area contributed by atoms with E-state index in [0.717, 1.165) is 6.20 Å². The van der Waals surface area contributed by atoms with E-state index < -0.39 is 16.0 Å². The van der Waals surface area contributed by atoms with Gasteiger partial charge in [-0.05, 0) is 30.3 Å². The lowest BCUT2D eigenvalue weighted by Gasteiger charge is -2.12. The number of aromatic amines is 1. The van der Waals surface area contributed by atoms with E-state index in [1.807, 2.05) is 0 Å². The fourth-order valence-electron chi connectivity index (χ4n) is 2.91. The Kier molecular flexibility index (Phi) is 6.80. The molecule has 0 atom stereocenters. The van der Waals surface area contributed by atoms with Crippen LogP contribution < -0.4 is 9.46 Å². The molecule has 0 fully saturated rings. The largest absolute Gasteiger partial charge is 0.467 e. The maximum Gasteiger partial charge on any atom is 0.337 e. The number of fused-ring (bicyclic) bond motifs is 1. The summed E-state index contributed by atoms with van der Waals surface area (Å²) >= 11 is 17.9. The minimum absolute atomic E-state index is 0.0222. The lowest BCUT2D eigenvalue weighted by Crippen LogP contribution is -2.16. The standard InChI is InChI=1S/C20H14Cl3N5O5S/c1-32-20(29)10-5-6-12-13(7-10)26-16(25-12)9-33-19-18(24-8-15(22)27-19)28-34(30,31)14-4-2-3-11(21)17(14)23/h2-8H,9H2,1H3,(H,24,28)(H,25,26). The summed E-state index contributed by atoms with van der Waals surface area (Å²) in [4.78, 5) is 26.8. The molecule has 2 N–H and O–H groups in total. The van der Waals surface area contributed by atoms with Crippen LogP contribution in [0, 0.1) is 0 Å². The van der Waals surface area contributed by atoms with Crippen LogP contribution in [0.3, 0.4) is 0 Å². The van der Waals surface area contributed by atoms with E-state index in [2.05, 4.69) is 24.7 Å². The second kappa shape index (κ2) is 9.63. The van der Waals surface area contributed by atoms with E-state index in [-0.39, 0.29) is 38.4 Å². The Balaban J connectivity index is 1.58. The molecule has 0 bridgehead atoms. The zero-order valence-electron chi connectivity index (χ0n) is 17.2. The second-order valence-electron chi connectivity index (χ2n) is 6.70. The first-order valence-corrected chi connectivity index (χ1v) is 12.0. The number of carbonyl (C=O) groups is 1. The summed E-state index contributed by atoms with van der Waals surface area (Å²) < 4.78 is 38.3. The Morgan fingerprint density at radius 3 is 2.71 bits per heavy atom.